The fourth-order valence-corrected chi connectivity index (χ4v) is 2.08. The zero-order valence-corrected chi connectivity index (χ0v) is 12.4. The van der Waals surface area contributed by atoms with Gasteiger partial charge in [-0.1, -0.05) is 42.5 Å². The highest BCUT2D eigenvalue weighted by Crippen LogP contribution is 2.13. The van der Waals surface area contributed by atoms with Crippen LogP contribution < -0.4 is 5.56 Å². The van der Waals surface area contributed by atoms with Crippen molar-refractivity contribution in [1.29, 1.82) is 0 Å². The van der Waals surface area contributed by atoms with Gasteiger partial charge in [0.05, 0.1) is 6.21 Å². The molecule has 0 bridgehead atoms. The summed E-state index contributed by atoms with van der Waals surface area (Å²) in [5, 5.41) is 21.9. The largest absolute Gasteiger partial charge is 0.507 e. The Kier molecular flexibility index (Phi) is 3.97. The summed E-state index contributed by atoms with van der Waals surface area (Å²) in [4.78, 5) is 12.6. The van der Waals surface area contributed by atoms with Crippen molar-refractivity contribution >= 4 is 6.21 Å². The van der Waals surface area contributed by atoms with Gasteiger partial charge in [0.2, 0.25) is 0 Å². The zero-order chi connectivity index (χ0) is 16.2. The topological polar surface area (TPSA) is 80.4 Å². The standard InChI is InChI=1S/C17H14N4O2/c1-12-19-20-16(13-7-3-2-4-8-13)17(23)21(12)18-11-14-9-5-6-10-15(14)22/h2-11,22H,1H3/b18-11-. The lowest BCUT2D eigenvalue weighted by Crippen LogP contribution is -2.23. The molecule has 0 spiro atoms. The van der Waals surface area contributed by atoms with E-state index in [0.29, 0.717) is 17.0 Å². The molecule has 1 heterocycles. The van der Waals surface area contributed by atoms with Crippen molar-refractivity contribution in [2.45, 2.75) is 6.92 Å². The van der Waals surface area contributed by atoms with Crippen LogP contribution in [0.25, 0.3) is 11.3 Å². The van der Waals surface area contributed by atoms with Gasteiger partial charge in [0, 0.05) is 11.1 Å². The second kappa shape index (κ2) is 6.23. The molecule has 0 saturated carbocycles. The molecule has 2 aromatic carbocycles. The zero-order valence-electron chi connectivity index (χ0n) is 12.4. The first-order valence-electron chi connectivity index (χ1n) is 7.01. The summed E-state index contributed by atoms with van der Waals surface area (Å²) in [6, 6.07) is 15.8. The highest BCUT2D eigenvalue weighted by molar-refractivity contribution is 5.83. The summed E-state index contributed by atoms with van der Waals surface area (Å²) in [5.74, 6) is 0.452. The molecule has 0 aliphatic rings. The predicted octanol–water partition coefficient (Wildman–Crippen LogP) is 2.20. The molecule has 0 aliphatic heterocycles. The van der Waals surface area contributed by atoms with E-state index in [1.807, 2.05) is 18.2 Å². The second-order valence-corrected chi connectivity index (χ2v) is 4.88. The molecule has 6 nitrogen and oxygen atoms in total. The first-order chi connectivity index (χ1) is 11.2. The van der Waals surface area contributed by atoms with Crippen LogP contribution in [0.2, 0.25) is 0 Å². The average Bonchev–Trinajstić information content (AvgIpc) is 2.57. The Morgan fingerprint density at radius 2 is 1.74 bits per heavy atom. The SMILES string of the molecule is Cc1nnc(-c2ccccc2)c(=O)n1/N=C\c1ccccc1O. The normalized spacial score (nSPS) is 11.0. The maximum atomic E-state index is 12.6. The van der Waals surface area contributed by atoms with Crippen molar-refractivity contribution in [3.05, 3.63) is 76.3 Å². The summed E-state index contributed by atoms with van der Waals surface area (Å²) in [6.07, 6.45) is 1.42. The number of hydrogen-bond donors (Lipinski definition) is 1. The first kappa shape index (κ1) is 14.6. The van der Waals surface area contributed by atoms with Crippen LogP contribution in [0.15, 0.2) is 64.5 Å². The van der Waals surface area contributed by atoms with Gasteiger partial charge in [-0.2, -0.15) is 9.78 Å². The Balaban J connectivity index is 2.07. The molecule has 6 heteroatoms. The van der Waals surface area contributed by atoms with Crippen LogP contribution in [0, 0.1) is 6.92 Å². The summed E-state index contributed by atoms with van der Waals surface area (Å²) >= 11 is 0. The number of phenols is 1. The molecule has 0 aliphatic carbocycles. The highest BCUT2D eigenvalue weighted by atomic mass is 16.3. The molecular formula is C17H14N4O2. The minimum absolute atomic E-state index is 0.0900. The number of para-hydroxylation sites is 1. The number of aromatic nitrogens is 3. The van der Waals surface area contributed by atoms with Crippen molar-refractivity contribution in [1.82, 2.24) is 14.9 Å². The average molecular weight is 306 g/mol. The van der Waals surface area contributed by atoms with E-state index in [4.69, 9.17) is 0 Å². The minimum Gasteiger partial charge on any atom is -0.507 e. The number of rotatable bonds is 3. The van der Waals surface area contributed by atoms with Gasteiger partial charge in [-0.05, 0) is 19.1 Å². The summed E-state index contributed by atoms with van der Waals surface area (Å²) in [7, 11) is 0. The van der Waals surface area contributed by atoms with Gasteiger partial charge in [-0.3, -0.25) is 4.79 Å². The fraction of sp³-hybridized carbons (Fsp3) is 0.0588. The van der Waals surface area contributed by atoms with Crippen molar-refractivity contribution in [3.8, 4) is 17.0 Å². The molecule has 1 aromatic heterocycles. The number of aromatic hydroxyl groups is 1. The minimum atomic E-state index is -0.365. The first-order valence-corrected chi connectivity index (χ1v) is 7.01. The molecule has 0 saturated heterocycles. The quantitative estimate of drug-likeness (QED) is 0.752. The maximum Gasteiger partial charge on any atom is 0.301 e. The van der Waals surface area contributed by atoms with Crippen LogP contribution in [0.3, 0.4) is 0 Å². The second-order valence-electron chi connectivity index (χ2n) is 4.88. The molecule has 114 valence electrons. The Bertz CT molecular complexity index is 917. The van der Waals surface area contributed by atoms with E-state index >= 15 is 0 Å². The number of aryl methyl sites for hydroxylation is 1. The van der Waals surface area contributed by atoms with Crippen molar-refractivity contribution < 1.29 is 5.11 Å². The van der Waals surface area contributed by atoms with Gasteiger partial charge >= 0.3 is 5.56 Å². The third-order valence-corrected chi connectivity index (χ3v) is 3.29. The van der Waals surface area contributed by atoms with E-state index in [9.17, 15) is 9.90 Å². The summed E-state index contributed by atoms with van der Waals surface area (Å²) < 4.78 is 1.17. The van der Waals surface area contributed by atoms with Gasteiger partial charge in [0.15, 0.2) is 11.5 Å². The fourth-order valence-electron chi connectivity index (χ4n) is 2.08. The summed E-state index contributed by atoms with van der Waals surface area (Å²) in [6.45, 7) is 1.64. The predicted molar refractivity (Wildman–Crippen MR) is 87.6 cm³/mol. The van der Waals surface area contributed by atoms with Crippen LogP contribution in [-0.4, -0.2) is 26.2 Å². The lowest BCUT2D eigenvalue weighted by molar-refractivity contribution is 0.474. The molecule has 0 amide bonds. The van der Waals surface area contributed by atoms with Crippen LogP contribution in [0.4, 0.5) is 0 Å². The van der Waals surface area contributed by atoms with Crippen molar-refractivity contribution in [2.24, 2.45) is 5.10 Å². The van der Waals surface area contributed by atoms with Gasteiger partial charge in [-0.25, -0.2) is 0 Å². The Morgan fingerprint density at radius 1 is 1.04 bits per heavy atom. The van der Waals surface area contributed by atoms with Crippen molar-refractivity contribution in [3.63, 3.8) is 0 Å². The van der Waals surface area contributed by atoms with E-state index in [-0.39, 0.29) is 17.0 Å². The number of hydrogen-bond acceptors (Lipinski definition) is 5. The lowest BCUT2D eigenvalue weighted by Gasteiger charge is -2.05. The van der Waals surface area contributed by atoms with Crippen LogP contribution in [-0.2, 0) is 0 Å². The van der Waals surface area contributed by atoms with Crippen LogP contribution in [0.1, 0.15) is 11.4 Å². The third-order valence-electron chi connectivity index (χ3n) is 3.29. The number of phenolic OH excluding ortho intramolecular Hbond substituents is 1. The lowest BCUT2D eigenvalue weighted by atomic mass is 10.2. The third kappa shape index (κ3) is 3.01. The molecule has 3 aromatic rings. The Morgan fingerprint density at radius 3 is 2.48 bits per heavy atom. The smallest absolute Gasteiger partial charge is 0.301 e. The van der Waals surface area contributed by atoms with E-state index in [1.165, 1.54) is 10.9 Å². The maximum absolute atomic E-state index is 12.6. The molecule has 0 radical (unpaired) electrons. The number of nitrogens with zero attached hydrogens (tertiary/aromatic N) is 4. The molecule has 3 rings (SSSR count). The van der Waals surface area contributed by atoms with E-state index < -0.39 is 0 Å². The van der Waals surface area contributed by atoms with E-state index in [1.54, 1.807) is 43.3 Å². The Labute approximate surface area is 132 Å². The number of benzene rings is 2. The van der Waals surface area contributed by atoms with Gasteiger partial charge < -0.3 is 5.11 Å². The Hall–Kier alpha value is -3.28. The highest BCUT2D eigenvalue weighted by Gasteiger charge is 2.10. The van der Waals surface area contributed by atoms with Gasteiger partial charge in [0.1, 0.15) is 5.75 Å². The molecule has 0 unspecified atom stereocenters. The monoisotopic (exact) mass is 306 g/mol. The summed E-state index contributed by atoms with van der Waals surface area (Å²) in [5.41, 5.74) is 1.05. The molecule has 0 fully saturated rings. The van der Waals surface area contributed by atoms with Crippen LogP contribution in [0.5, 0.6) is 5.75 Å². The molecule has 23 heavy (non-hydrogen) atoms. The van der Waals surface area contributed by atoms with Gasteiger partial charge in [-0.15, -0.1) is 10.2 Å². The van der Waals surface area contributed by atoms with E-state index in [0.717, 1.165) is 0 Å². The van der Waals surface area contributed by atoms with Gasteiger partial charge in [0.25, 0.3) is 0 Å². The molecule has 1 N–H and O–H groups in total. The molecule has 0 atom stereocenters. The van der Waals surface area contributed by atoms with E-state index in [2.05, 4.69) is 15.3 Å². The van der Waals surface area contributed by atoms with Crippen molar-refractivity contribution in [2.75, 3.05) is 0 Å². The molecular weight excluding hydrogens is 292 g/mol. The van der Waals surface area contributed by atoms with Crippen LogP contribution >= 0.6 is 0 Å².